The van der Waals surface area contributed by atoms with Crippen LogP contribution in [-0.4, -0.2) is 53.1 Å². The lowest BCUT2D eigenvalue weighted by Crippen LogP contribution is -2.36. The minimum Gasteiger partial charge on any atom is -0.350 e. The summed E-state index contributed by atoms with van der Waals surface area (Å²) in [4.78, 5) is 26.9. The Balaban J connectivity index is 1.43. The molecule has 1 aliphatic rings. The Morgan fingerprint density at radius 2 is 2.07 bits per heavy atom. The number of hydrogen-bond donors (Lipinski definition) is 2. The van der Waals surface area contributed by atoms with E-state index in [1.165, 1.54) is 12.8 Å². The van der Waals surface area contributed by atoms with Crippen LogP contribution < -0.4 is 10.6 Å². The van der Waals surface area contributed by atoms with Crippen molar-refractivity contribution in [1.29, 1.82) is 0 Å². The van der Waals surface area contributed by atoms with Crippen LogP contribution in [-0.2, 0) is 0 Å². The highest BCUT2D eigenvalue weighted by molar-refractivity contribution is 7.15. The molecule has 0 spiro atoms. The van der Waals surface area contributed by atoms with Crippen molar-refractivity contribution in [2.45, 2.75) is 26.2 Å². The number of nitrogens with one attached hydrogen (secondary N) is 2. The summed E-state index contributed by atoms with van der Waals surface area (Å²) in [6.07, 6.45) is 3.44. The summed E-state index contributed by atoms with van der Waals surface area (Å²) in [6.45, 7) is 6.11. The van der Waals surface area contributed by atoms with Crippen molar-refractivity contribution in [3.8, 4) is 0 Å². The van der Waals surface area contributed by atoms with E-state index in [0.29, 0.717) is 17.3 Å². The first kappa shape index (κ1) is 20.7. The molecule has 2 amide bonds. The Kier molecular flexibility index (Phi) is 7.36. The lowest BCUT2D eigenvalue weighted by Gasteiger charge is -2.30. The molecule has 1 atom stereocenters. The summed E-state index contributed by atoms with van der Waals surface area (Å²) in [5.74, 6) is 0.0329. The number of hydrogen-bond acceptors (Lipinski definition) is 6. The predicted molar refractivity (Wildman–Crippen MR) is 111 cm³/mol. The summed E-state index contributed by atoms with van der Waals surface area (Å²) in [7, 11) is 0. The van der Waals surface area contributed by atoms with E-state index in [9.17, 15) is 9.59 Å². The quantitative estimate of drug-likeness (QED) is 0.670. The zero-order chi connectivity index (χ0) is 19.9. The number of likely N-dealkylation sites (tertiary alicyclic amines) is 1. The van der Waals surface area contributed by atoms with Gasteiger partial charge in [-0.05, 0) is 56.5 Å². The van der Waals surface area contributed by atoms with Gasteiger partial charge in [0.15, 0.2) is 0 Å². The zero-order valence-electron chi connectivity index (χ0n) is 15.8. The number of carbonyl (C=O) groups excluding carboxylic acids is 2. The number of aromatic nitrogens is 2. The lowest BCUT2D eigenvalue weighted by molar-refractivity contribution is 0.0947. The summed E-state index contributed by atoms with van der Waals surface area (Å²) >= 11 is 6.87. The summed E-state index contributed by atoms with van der Waals surface area (Å²) in [6, 6.07) is 6.82. The van der Waals surface area contributed by atoms with Crippen molar-refractivity contribution in [2.75, 3.05) is 31.5 Å². The van der Waals surface area contributed by atoms with Gasteiger partial charge in [0, 0.05) is 23.8 Å². The summed E-state index contributed by atoms with van der Waals surface area (Å²) in [5.41, 5.74) is 0.561. The zero-order valence-corrected chi connectivity index (χ0v) is 17.4. The first-order valence-corrected chi connectivity index (χ1v) is 10.6. The van der Waals surface area contributed by atoms with Crippen LogP contribution in [0.15, 0.2) is 24.3 Å². The number of anilines is 1. The van der Waals surface area contributed by atoms with Crippen LogP contribution in [0.1, 0.15) is 45.8 Å². The fraction of sp³-hybridized carbons (Fsp3) is 0.474. The molecule has 1 aliphatic heterocycles. The molecule has 0 bridgehead atoms. The largest absolute Gasteiger partial charge is 0.350 e. The number of nitrogens with zero attached hydrogens (tertiary/aromatic N) is 3. The monoisotopic (exact) mass is 421 g/mol. The Labute approximate surface area is 173 Å². The van der Waals surface area contributed by atoms with Crippen LogP contribution in [0.5, 0.6) is 0 Å². The Morgan fingerprint density at radius 1 is 1.29 bits per heavy atom. The fourth-order valence-electron chi connectivity index (χ4n) is 3.23. The van der Waals surface area contributed by atoms with Gasteiger partial charge in [0.2, 0.25) is 10.0 Å². The summed E-state index contributed by atoms with van der Waals surface area (Å²) < 4.78 is 0. The Bertz CT molecular complexity index is 828. The molecule has 7 nitrogen and oxygen atoms in total. The van der Waals surface area contributed by atoms with Gasteiger partial charge in [0.1, 0.15) is 0 Å². The minimum absolute atomic E-state index is 0.132. The third-order valence-electron chi connectivity index (χ3n) is 4.57. The SMILES string of the molecule is C[C@H]1CCCN(CCCNC(=O)c2nnc(C(=O)Nc3cccc(Cl)c3)s2)C1. The number of halogens is 1. The van der Waals surface area contributed by atoms with E-state index < -0.39 is 5.91 Å². The van der Waals surface area contributed by atoms with Crippen molar-refractivity contribution in [2.24, 2.45) is 5.92 Å². The van der Waals surface area contributed by atoms with Crippen molar-refractivity contribution in [3.05, 3.63) is 39.3 Å². The highest BCUT2D eigenvalue weighted by Gasteiger charge is 2.18. The van der Waals surface area contributed by atoms with Gasteiger partial charge >= 0.3 is 0 Å². The molecule has 150 valence electrons. The van der Waals surface area contributed by atoms with Gasteiger partial charge in [0.05, 0.1) is 0 Å². The molecule has 0 saturated carbocycles. The molecule has 1 fully saturated rings. The fourth-order valence-corrected chi connectivity index (χ4v) is 4.07. The number of rotatable bonds is 7. The van der Waals surface area contributed by atoms with Gasteiger partial charge in [-0.3, -0.25) is 9.59 Å². The van der Waals surface area contributed by atoms with Crippen LogP contribution in [0, 0.1) is 5.92 Å². The first-order chi connectivity index (χ1) is 13.5. The van der Waals surface area contributed by atoms with Gasteiger partial charge in [0.25, 0.3) is 11.8 Å². The molecule has 9 heteroatoms. The van der Waals surface area contributed by atoms with Crippen molar-refractivity contribution in [3.63, 3.8) is 0 Å². The molecule has 0 unspecified atom stereocenters. The van der Waals surface area contributed by atoms with Gasteiger partial charge in [-0.2, -0.15) is 0 Å². The van der Waals surface area contributed by atoms with Crippen LogP contribution in [0.3, 0.4) is 0 Å². The molecule has 0 aliphatic carbocycles. The average molecular weight is 422 g/mol. The molecule has 2 aromatic rings. The van der Waals surface area contributed by atoms with E-state index >= 15 is 0 Å². The number of carbonyl (C=O) groups is 2. The average Bonchev–Trinajstić information content (AvgIpc) is 3.16. The van der Waals surface area contributed by atoms with E-state index in [1.54, 1.807) is 24.3 Å². The Hall–Kier alpha value is -2.03. The molecule has 2 N–H and O–H groups in total. The van der Waals surface area contributed by atoms with Crippen LogP contribution in [0.25, 0.3) is 0 Å². The highest BCUT2D eigenvalue weighted by atomic mass is 35.5. The molecule has 28 heavy (non-hydrogen) atoms. The van der Waals surface area contributed by atoms with Crippen LogP contribution in [0.4, 0.5) is 5.69 Å². The molecule has 2 heterocycles. The van der Waals surface area contributed by atoms with Crippen LogP contribution >= 0.6 is 22.9 Å². The van der Waals surface area contributed by atoms with E-state index in [0.717, 1.165) is 43.3 Å². The number of piperidine rings is 1. The van der Waals surface area contributed by atoms with Crippen LogP contribution in [0.2, 0.25) is 5.02 Å². The second kappa shape index (κ2) is 9.95. The topological polar surface area (TPSA) is 87.2 Å². The summed E-state index contributed by atoms with van der Waals surface area (Å²) in [5, 5.41) is 14.0. The maximum Gasteiger partial charge on any atom is 0.286 e. The number of amides is 2. The smallest absolute Gasteiger partial charge is 0.286 e. The van der Waals surface area contributed by atoms with E-state index in [4.69, 9.17) is 11.6 Å². The van der Waals surface area contributed by atoms with Gasteiger partial charge in [-0.1, -0.05) is 35.9 Å². The Morgan fingerprint density at radius 3 is 2.82 bits per heavy atom. The molecular weight excluding hydrogens is 398 g/mol. The molecular formula is C19H24ClN5O2S. The third kappa shape index (κ3) is 5.98. The molecule has 1 aromatic heterocycles. The second-order valence-electron chi connectivity index (χ2n) is 7.03. The van der Waals surface area contributed by atoms with Gasteiger partial charge in [-0.25, -0.2) is 0 Å². The van der Waals surface area contributed by atoms with E-state index in [1.807, 2.05) is 0 Å². The minimum atomic E-state index is -0.418. The van der Waals surface area contributed by atoms with Crippen molar-refractivity contribution < 1.29 is 9.59 Å². The molecule has 1 saturated heterocycles. The van der Waals surface area contributed by atoms with Gasteiger partial charge in [-0.15, -0.1) is 10.2 Å². The second-order valence-corrected chi connectivity index (χ2v) is 8.45. The van der Waals surface area contributed by atoms with Crippen molar-refractivity contribution in [1.82, 2.24) is 20.4 Å². The standard InChI is InChI=1S/C19H24ClN5O2S/c1-13-5-3-9-25(12-13)10-4-8-21-16(26)18-23-24-19(28-18)17(27)22-15-7-2-6-14(20)11-15/h2,6-7,11,13H,3-5,8-10,12H2,1H3,(H,21,26)(H,22,27)/t13-/m0/s1. The third-order valence-corrected chi connectivity index (χ3v) is 5.73. The highest BCUT2D eigenvalue weighted by Crippen LogP contribution is 2.17. The maximum absolute atomic E-state index is 12.2. The predicted octanol–water partition coefficient (Wildman–Crippen LogP) is 3.30. The molecule has 3 rings (SSSR count). The molecule has 0 radical (unpaired) electrons. The van der Waals surface area contributed by atoms with Crippen molar-refractivity contribution >= 4 is 40.4 Å². The van der Waals surface area contributed by atoms with E-state index in [2.05, 4.69) is 32.7 Å². The maximum atomic E-state index is 12.2. The normalized spacial score (nSPS) is 17.3. The van der Waals surface area contributed by atoms with Gasteiger partial charge < -0.3 is 15.5 Å². The molecule has 1 aromatic carbocycles. The number of benzene rings is 1. The first-order valence-electron chi connectivity index (χ1n) is 9.42. The lowest BCUT2D eigenvalue weighted by atomic mass is 10.0. The van der Waals surface area contributed by atoms with E-state index in [-0.39, 0.29) is 15.9 Å².